The maximum atomic E-state index is 13.4. The van der Waals surface area contributed by atoms with Gasteiger partial charge in [-0.3, -0.25) is 4.79 Å². The van der Waals surface area contributed by atoms with Gasteiger partial charge in [-0.1, -0.05) is 4.48 Å². The van der Waals surface area contributed by atoms with Gasteiger partial charge in [-0.15, -0.1) is 0 Å². The number of halogens is 5. The van der Waals surface area contributed by atoms with Crippen LogP contribution in [0.3, 0.4) is 0 Å². The molecule has 1 rings (SSSR count). The van der Waals surface area contributed by atoms with E-state index in [-0.39, 0.29) is 6.42 Å². The Morgan fingerprint density at radius 1 is 1.44 bits per heavy atom. The number of ether oxygens (including phenoxy) is 1. The molecule has 1 fully saturated rings. The van der Waals surface area contributed by atoms with E-state index in [1.54, 1.807) is 0 Å². The van der Waals surface area contributed by atoms with Gasteiger partial charge < -0.3 is 4.74 Å². The highest BCUT2D eigenvalue weighted by atomic mass is 19.4. The van der Waals surface area contributed by atoms with Gasteiger partial charge in [0.1, 0.15) is 0 Å². The molecule has 1 aliphatic heterocycles. The van der Waals surface area contributed by atoms with Crippen molar-refractivity contribution in [1.82, 2.24) is 5.12 Å². The maximum absolute atomic E-state index is 13.4. The summed E-state index contributed by atoms with van der Waals surface area (Å²) in [5, 5.41) is -0.618. The van der Waals surface area contributed by atoms with Crippen molar-refractivity contribution in [2.45, 2.75) is 24.9 Å². The summed E-state index contributed by atoms with van der Waals surface area (Å²) in [7, 11) is 0. The van der Waals surface area contributed by atoms with Crippen LogP contribution in [0, 0.1) is 0 Å². The molecule has 0 aromatic heterocycles. The number of carbonyl (C=O) groups is 2. The molecule has 1 saturated heterocycles. The molecule has 0 spiro atoms. The van der Waals surface area contributed by atoms with E-state index in [0.29, 0.717) is 0 Å². The first-order valence-corrected chi connectivity index (χ1v) is 4.13. The molecule has 0 aromatic rings. The summed E-state index contributed by atoms with van der Waals surface area (Å²) < 4.78 is 64.6. The summed E-state index contributed by atoms with van der Waals surface area (Å²) in [4.78, 5) is 21.2. The maximum Gasteiger partial charge on any atom is 0.491 e. The fraction of sp³-hybridized carbons (Fsp3) is 0.714. The Labute approximate surface area is 85.9 Å². The summed E-state index contributed by atoms with van der Waals surface area (Å²) in [6, 6.07) is 0. The van der Waals surface area contributed by atoms with E-state index < -0.39 is 42.0 Å². The Balaban J connectivity index is 2.78. The van der Waals surface area contributed by atoms with E-state index >= 15 is 0 Å². The van der Waals surface area contributed by atoms with Gasteiger partial charge in [-0.05, 0) is 6.42 Å². The van der Waals surface area contributed by atoms with E-state index in [4.69, 9.17) is 0 Å². The highest BCUT2D eigenvalue weighted by Crippen LogP contribution is 2.31. The van der Waals surface area contributed by atoms with Gasteiger partial charge >= 0.3 is 23.9 Å². The molecular formula is C7H6F5NO3. The van der Waals surface area contributed by atoms with Crippen LogP contribution in [0.5, 0.6) is 0 Å². The third-order valence-corrected chi connectivity index (χ3v) is 1.88. The molecule has 0 saturated carbocycles. The van der Waals surface area contributed by atoms with Crippen molar-refractivity contribution in [3.05, 3.63) is 0 Å². The van der Waals surface area contributed by atoms with Gasteiger partial charge in [0.25, 0.3) is 0 Å². The third-order valence-electron chi connectivity index (χ3n) is 1.88. The summed E-state index contributed by atoms with van der Waals surface area (Å²) in [6.07, 6.45) is -6.48. The van der Waals surface area contributed by atoms with Gasteiger partial charge in [-0.2, -0.15) is 22.7 Å². The molecule has 1 atom stereocenters. The van der Waals surface area contributed by atoms with E-state index in [0.717, 1.165) is 0 Å². The molecule has 9 heteroatoms. The topological polar surface area (TPSA) is 46.6 Å². The van der Waals surface area contributed by atoms with E-state index in [2.05, 4.69) is 4.74 Å². The van der Waals surface area contributed by atoms with Crippen LogP contribution in [0.25, 0.3) is 0 Å². The number of hydrogen-bond donors (Lipinski definition) is 0. The fourth-order valence-electron chi connectivity index (χ4n) is 1.13. The summed E-state index contributed by atoms with van der Waals surface area (Å²) in [6.45, 7) is -0.450. The Morgan fingerprint density at radius 3 is 2.50 bits per heavy atom. The van der Waals surface area contributed by atoms with Crippen molar-refractivity contribution in [2.75, 3.05) is 6.54 Å². The van der Waals surface area contributed by atoms with Crippen molar-refractivity contribution in [2.24, 2.45) is 0 Å². The first kappa shape index (κ1) is 12.7. The first-order chi connectivity index (χ1) is 7.17. The van der Waals surface area contributed by atoms with Crippen LogP contribution in [0.15, 0.2) is 0 Å². The molecular weight excluding hydrogens is 241 g/mol. The second kappa shape index (κ2) is 3.87. The van der Waals surface area contributed by atoms with Crippen molar-refractivity contribution in [1.29, 1.82) is 0 Å². The molecule has 0 N–H and O–H groups in total. The van der Waals surface area contributed by atoms with Crippen LogP contribution in [0.4, 0.5) is 22.0 Å². The molecule has 1 unspecified atom stereocenters. The van der Waals surface area contributed by atoms with Gasteiger partial charge in [0.15, 0.2) is 0 Å². The highest BCUT2D eigenvalue weighted by molar-refractivity contribution is 5.87. The SMILES string of the molecule is O=C(OC1(F)CCCN(F)C1=O)C(F)(F)F. The zero-order valence-corrected chi connectivity index (χ0v) is 7.68. The zero-order valence-electron chi connectivity index (χ0n) is 7.68. The molecule has 0 aliphatic carbocycles. The lowest BCUT2D eigenvalue weighted by atomic mass is 10.1. The van der Waals surface area contributed by atoms with Crippen molar-refractivity contribution < 1.29 is 36.4 Å². The van der Waals surface area contributed by atoms with Crippen molar-refractivity contribution in [3.63, 3.8) is 0 Å². The number of amides is 1. The van der Waals surface area contributed by atoms with Crippen molar-refractivity contribution >= 4 is 11.9 Å². The lowest BCUT2D eigenvalue weighted by Crippen LogP contribution is -2.51. The summed E-state index contributed by atoms with van der Waals surface area (Å²) in [5.74, 6) is -8.37. The van der Waals surface area contributed by atoms with Crippen LogP contribution >= 0.6 is 0 Å². The average molecular weight is 247 g/mol. The number of esters is 1. The summed E-state index contributed by atoms with van der Waals surface area (Å²) >= 11 is 0. The van der Waals surface area contributed by atoms with Crippen LogP contribution in [-0.2, 0) is 14.3 Å². The van der Waals surface area contributed by atoms with Gasteiger partial charge in [0, 0.05) is 6.42 Å². The highest BCUT2D eigenvalue weighted by Gasteiger charge is 2.53. The Morgan fingerprint density at radius 2 is 2.00 bits per heavy atom. The average Bonchev–Trinajstić information content (AvgIpc) is 2.12. The third kappa shape index (κ3) is 2.39. The van der Waals surface area contributed by atoms with Gasteiger partial charge in [-0.25, -0.2) is 4.79 Å². The minimum atomic E-state index is -5.43. The van der Waals surface area contributed by atoms with E-state index in [1.807, 2.05) is 0 Å². The zero-order chi connectivity index (χ0) is 12.6. The smallest absolute Gasteiger partial charge is 0.412 e. The normalized spacial score (nSPS) is 26.8. The lowest BCUT2D eigenvalue weighted by molar-refractivity contribution is -0.242. The molecule has 0 radical (unpaired) electrons. The fourth-order valence-corrected chi connectivity index (χ4v) is 1.13. The first-order valence-electron chi connectivity index (χ1n) is 4.13. The number of carbonyl (C=O) groups excluding carboxylic acids is 2. The predicted molar refractivity (Wildman–Crippen MR) is 38.0 cm³/mol. The Bertz CT molecular complexity index is 318. The number of alkyl halides is 4. The molecule has 0 bridgehead atoms. The minimum Gasteiger partial charge on any atom is -0.412 e. The minimum absolute atomic E-state index is 0.246. The molecule has 4 nitrogen and oxygen atoms in total. The van der Waals surface area contributed by atoms with Crippen LogP contribution in [-0.4, -0.2) is 35.6 Å². The Hall–Kier alpha value is -1.41. The quantitative estimate of drug-likeness (QED) is 0.398. The van der Waals surface area contributed by atoms with Crippen LogP contribution < -0.4 is 0 Å². The standard InChI is InChI=1S/C7H6F5NO3/c8-6(16-5(15)7(9,10)11)2-1-3-13(12)4(6)14/h1-3H2. The van der Waals surface area contributed by atoms with E-state index in [9.17, 15) is 31.6 Å². The number of nitrogens with zero attached hydrogens (tertiary/aromatic N) is 1. The predicted octanol–water partition coefficient (Wildman–Crippen LogP) is 1.26. The number of hydrogen-bond acceptors (Lipinski definition) is 3. The molecule has 1 aliphatic rings. The molecule has 16 heavy (non-hydrogen) atoms. The monoisotopic (exact) mass is 247 g/mol. The van der Waals surface area contributed by atoms with Gasteiger partial charge in [0.2, 0.25) is 0 Å². The van der Waals surface area contributed by atoms with Gasteiger partial charge in [0.05, 0.1) is 6.54 Å². The van der Waals surface area contributed by atoms with Crippen LogP contribution in [0.2, 0.25) is 0 Å². The number of piperidine rings is 1. The second-order valence-corrected chi connectivity index (χ2v) is 3.11. The van der Waals surface area contributed by atoms with E-state index in [1.165, 1.54) is 0 Å². The molecule has 1 heterocycles. The lowest BCUT2D eigenvalue weighted by Gasteiger charge is -2.30. The number of rotatable bonds is 1. The van der Waals surface area contributed by atoms with Crippen molar-refractivity contribution in [3.8, 4) is 0 Å². The Kier molecular flexibility index (Phi) is 3.06. The molecule has 0 aromatic carbocycles. The summed E-state index contributed by atoms with van der Waals surface area (Å²) in [5.41, 5.74) is 0. The largest absolute Gasteiger partial charge is 0.491 e. The molecule has 92 valence electrons. The second-order valence-electron chi connectivity index (χ2n) is 3.11. The molecule has 1 amide bonds. The van der Waals surface area contributed by atoms with Crippen LogP contribution in [0.1, 0.15) is 12.8 Å².